The second-order valence-corrected chi connectivity index (χ2v) is 8.66. The van der Waals surface area contributed by atoms with Crippen LogP contribution >= 0.6 is 0 Å². The van der Waals surface area contributed by atoms with Crippen LogP contribution in [0.15, 0.2) is 36.0 Å². The predicted molar refractivity (Wildman–Crippen MR) is 146 cm³/mol. The van der Waals surface area contributed by atoms with E-state index in [-0.39, 0.29) is 31.2 Å². The molecule has 0 aliphatic heterocycles. The number of carbonyl (C=O) groups excluding carboxylic acids is 5. The minimum atomic E-state index is -0.440. The first-order chi connectivity index (χ1) is 18.3. The summed E-state index contributed by atoms with van der Waals surface area (Å²) < 4.78 is 5.42. The number of aldehydes is 1. The summed E-state index contributed by atoms with van der Waals surface area (Å²) in [7, 11) is 1.75. The quantitative estimate of drug-likeness (QED) is 0.0744. The summed E-state index contributed by atoms with van der Waals surface area (Å²) >= 11 is 0. The number of unbranched alkanes of at least 4 members (excludes halogenated alkanes) is 3. The molecule has 0 aliphatic carbocycles. The molecular weight excluding hydrogens is 490 g/mol. The average Bonchev–Trinajstić information content (AvgIpc) is 2.88. The highest BCUT2D eigenvalue weighted by molar-refractivity contribution is 6.03. The highest BCUT2D eigenvalue weighted by atomic mass is 16.5. The number of nitrogens with one attached hydrogen (secondary N) is 5. The van der Waals surface area contributed by atoms with Crippen LogP contribution in [0, 0.1) is 0 Å². The lowest BCUT2D eigenvalue weighted by Crippen LogP contribution is -2.36. The zero-order chi connectivity index (χ0) is 28.0. The number of urea groups is 1. The van der Waals surface area contributed by atoms with Gasteiger partial charge in [-0.15, -0.1) is 0 Å². The first kappa shape index (κ1) is 32.3. The number of carbonyl (C=O) groups is 5. The van der Waals surface area contributed by atoms with E-state index in [1.807, 2.05) is 6.92 Å². The largest absolute Gasteiger partial charge is 0.392 e. The summed E-state index contributed by atoms with van der Waals surface area (Å²) in [5.41, 5.74) is 2.15. The summed E-state index contributed by atoms with van der Waals surface area (Å²) in [6.07, 6.45) is 6.15. The molecule has 0 heterocycles. The van der Waals surface area contributed by atoms with Gasteiger partial charge in [-0.3, -0.25) is 14.4 Å². The van der Waals surface area contributed by atoms with Crippen LogP contribution in [0.4, 0.5) is 10.5 Å². The van der Waals surface area contributed by atoms with Crippen molar-refractivity contribution < 1.29 is 28.7 Å². The van der Waals surface area contributed by atoms with Crippen LogP contribution in [0.1, 0.15) is 51.0 Å². The lowest BCUT2D eigenvalue weighted by atomic mass is 10.1. The van der Waals surface area contributed by atoms with Gasteiger partial charge in [0.2, 0.25) is 11.8 Å². The maximum Gasteiger partial charge on any atom is 0.314 e. The monoisotopic (exact) mass is 531 g/mol. The lowest BCUT2D eigenvalue weighted by Gasteiger charge is -2.09. The van der Waals surface area contributed by atoms with Gasteiger partial charge < -0.3 is 36.1 Å². The van der Waals surface area contributed by atoms with E-state index in [1.165, 1.54) is 0 Å². The highest BCUT2D eigenvalue weighted by Gasteiger charge is 2.10. The molecule has 0 radical (unpaired) electrons. The summed E-state index contributed by atoms with van der Waals surface area (Å²) in [5, 5.41) is 13.7. The maximum atomic E-state index is 12.1. The van der Waals surface area contributed by atoms with E-state index in [2.05, 4.69) is 26.6 Å². The molecule has 0 unspecified atom stereocenters. The van der Waals surface area contributed by atoms with E-state index in [9.17, 15) is 24.0 Å². The summed E-state index contributed by atoms with van der Waals surface area (Å²) in [4.78, 5) is 57.9. The molecule has 0 saturated carbocycles. The van der Waals surface area contributed by atoms with Crippen molar-refractivity contribution >= 4 is 35.6 Å². The third kappa shape index (κ3) is 16.9. The Morgan fingerprint density at radius 1 is 0.842 bits per heavy atom. The van der Waals surface area contributed by atoms with Gasteiger partial charge in [-0.25, -0.2) is 4.79 Å². The van der Waals surface area contributed by atoms with Crippen molar-refractivity contribution in [3.63, 3.8) is 0 Å². The second-order valence-electron chi connectivity index (χ2n) is 8.66. The molecule has 5 N–H and O–H groups in total. The highest BCUT2D eigenvalue weighted by Crippen LogP contribution is 2.11. The van der Waals surface area contributed by atoms with Gasteiger partial charge in [-0.1, -0.05) is 18.6 Å². The van der Waals surface area contributed by atoms with Crippen molar-refractivity contribution in [2.24, 2.45) is 0 Å². The van der Waals surface area contributed by atoms with Gasteiger partial charge in [0.1, 0.15) is 12.7 Å². The van der Waals surface area contributed by atoms with Gasteiger partial charge in [0.15, 0.2) is 5.78 Å². The number of hydrogen-bond acceptors (Lipinski definition) is 7. The summed E-state index contributed by atoms with van der Waals surface area (Å²) in [6, 6.07) is 6.67. The van der Waals surface area contributed by atoms with Crippen LogP contribution in [0.25, 0.3) is 0 Å². The van der Waals surface area contributed by atoms with Gasteiger partial charge in [0.25, 0.3) is 0 Å². The number of rotatable bonds is 20. The van der Waals surface area contributed by atoms with Gasteiger partial charge in [-0.2, -0.15) is 0 Å². The lowest BCUT2D eigenvalue weighted by molar-refractivity contribution is -0.127. The zero-order valence-electron chi connectivity index (χ0n) is 22.4. The number of allylic oxidation sites excluding steroid dienone is 2. The van der Waals surface area contributed by atoms with Crippen molar-refractivity contribution in [3.8, 4) is 0 Å². The number of ether oxygens (including phenoxy) is 1. The normalized spacial score (nSPS) is 10.8. The van der Waals surface area contributed by atoms with Gasteiger partial charge in [0.05, 0.1) is 6.61 Å². The maximum absolute atomic E-state index is 12.1. The van der Waals surface area contributed by atoms with E-state index >= 15 is 0 Å². The Kier molecular flexibility index (Phi) is 17.3. The van der Waals surface area contributed by atoms with Crippen molar-refractivity contribution in [3.05, 3.63) is 41.6 Å². The van der Waals surface area contributed by atoms with Crippen molar-refractivity contribution in [2.45, 2.75) is 51.9 Å². The fraction of sp³-hybridized carbons (Fsp3) is 0.519. The molecule has 1 rings (SSSR count). The molecule has 1 aromatic rings. The first-order valence-corrected chi connectivity index (χ1v) is 12.9. The average molecular weight is 532 g/mol. The molecule has 0 aliphatic rings. The number of anilines is 1. The van der Waals surface area contributed by atoms with Crippen LogP contribution in [0.5, 0.6) is 0 Å². The Bertz CT molecular complexity index is 917. The molecule has 11 heteroatoms. The van der Waals surface area contributed by atoms with Gasteiger partial charge >= 0.3 is 6.03 Å². The first-order valence-electron chi connectivity index (χ1n) is 12.9. The topological polar surface area (TPSA) is 155 Å². The van der Waals surface area contributed by atoms with Crippen molar-refractivity contribution in [1.29, 1.82) is 0 Å². The fourth-order valence-electron chi connectivity index (χ4n) is 3.22. The van der Waals surface area contributed by atoms with Gasteiger partial charge in [-0.05, 0) is 43.9 Å². The van der Waals surface area contributed by atoms with Crippen LogP contribution in [-0.2, 0) is 30.3 Å². The minimum Gasteiger partial charge on any atom is -0.392 e. The Balaban J connectivity index is 2.08. The standard InChI is InChI=1S/C27H41N5O6/c1-21(28-2)18-24(34)19-22-8-10-23(11-9-22)32-26(36)20-25(35)29-14-17-38-16-7-13-31-27(37)30-12-5-3-4-6-15-33/h8-11,15,18,28H,3-7,12-14,16-17,19-20H2,1-2H3,(H,29,35)(H,32,36)(H2,30,31,37)/b21-18-. The van der Waals surface area contributed by atoms with E-state index in [0.717, 1.165) is 36.8 Å². The minimum absolute atomic E-state index is 0.0241. The fourth-order valence-corrected chi connectivity index (χ4v) is 3.22. The second kappa shape index (κ2) is 20.3. The molecule has 0 atom stereocenters. The smallest absolute Gasteiger partial charge is 0.314 e. The molecule has 11 nitrogen and oxygen atoms in total. The number of amides is 4. The molecule has 4 amide bonds. The van der Waals surface area contributed by atoms with Crippen LogP contribution in [0.3, 0.4) is 0 Å². The SMILES string of the molecule is CN/C(C)=C\C(=O)Cc1ccc(NC(=O)CC(=O)NCCOCCCNC(=O)NCCCCCC=O)cc1. The molecular formula is C27H41N5O6. The third-order valence-corrected chi connectivity index (χ3v) is 5.31. The van der Waals surface area contributed by atoms with E-state index in [4.69, 9.17) is 4.74 Å². The van der Waals surface area contributed by atoms with E-state index < -0.39 is 11.8 Å². The Morgan fingerprint density at radius 2 is 1.55 bits per heavy atom. The molecule has 38 heavy (non-hydrogen) atoms. The molecule has 0 spiro atoms. The Morgan fingerprint density at radius 3 is 2.24 bits per heavy atom. The summed E-state index contributed by atoms with van der Waals surface area (Å²) in [6.45, 7) is 3.84. The predicted octanol–water partition coefficient (Wildman–Crippen LogP) is 1.83. The van der Waals surface area contributed by atoms with E-state index in [0.29, 0.717) is 44.8 Å². The van der Waals surface area contributed by atoms with E-state index in [1.54, 1.807) is 37.4 Å². The van der Waals surface area contributed by atoms with Crippen molar-refractivity contribution in [1.82, 2.24) is 21.3 Å². The van der Waals surface area contributed by atoms with Crippen LogP contribution < -0.4 is 26.6 Å². The number of ketones is 1. The number of benzene rings is 1. The Labute approximate surface area is 224 Å². The van der Waals surface area contributed by atoms with Crippen molar-refractivity contribution in [2.75, 3.05) is 45.2 Å². The third-order valence-electron chi connectivity index (χ3n) is 5.31. The molecule has 0 bridgehead atoms. The number of hydrogen-bond donors (Lipinski definition) is 5. The van der Waals surface area contributed by atoms with Crippen LogP contribution in [0.2, 0.25) is 0 Å². The molecule has 0 fully saturated rings. The molecule has 210 valence electrons. The molecule has 0 saturated heterocycles. The molecule has 0 aromatic heterocycles. The zero-order valence-corrected chi connectivity index (χ0v) is 22.4. The van der Waals surface area contributed by atoms with Crippen LogP contribution in [-0.4, -0.2) is 69.8 Å². The Hall–Kier alpha value is -3.73. The van der Waals surface area contributed by atoms with Gasteiger partial charge in [0, 0.05) is 63.6 Å². The molecule has 1 aromatic carbocycles. The summed E-state index contributed by atoms with van der Waals surface area (Å²) in [5.74, 6) is -0.876.